The third-order valence-corrected chi connectivity index (χ3v) is 2.35. The number of halogens is 1. The molecule has 0 heterocycles. The smallest absolute Gasteiger partial charge is 0.253 e. The van der Waals surface area contributed by atoms with E-state index in [4.69, 9.17) is 22.1 Å². The predicted octanol–water partition coefficient (Wildman–Crippen LogP) is 2.67. The zero-order valence-electron chi connectivity index (χ0n) is 10.2. The van der Waals surface area contributed by atoms with Crippen molar-refractivity contribution in [3.8, 4) is 0 Å². The van der Waals surface area contributed by atoms with E-state index in [1.807, 2.05) is 13.8 Å². The van der Waals surface area contributed by atoms with Gasteiger partial charge in [-0.3, -0.25) is 4.79 Å². The highest BCUT2D eigenvalue weighted by molar-refractivity contribution is 6.31. The van der Waals surface area contributed by atoms with E-state index in [1.54, 1.807) is 25.1 Å². The molecule has 5 heteroatoms. The zero-order valence-corrected chi connectivity index (χ0v) is 10.9. The number of nitrogen functional groups attached to an aromatic ring is 1. The molecule has 4 nitrogen and oxygen atoms in total. The molecule has 0 aliphatic carbocycles. The second-order valence-corrected chi connectivity index (χ2v) is 4.48. The fourth-order valence-corrected chi connectivity index (χ4v) is 1.51. The number of carbonyl (C=O) groups is 1. The van der Waals surface area contributed by atoms with Gasteiger partial charge in [0.25, 0.3) is 5.91 Å². The molecule has 0 saturated heterocycles. The lowest BCUT2D eigenvalue weighted by Gasteiger charge is -2.16. The van der Waals surface area contributed by atoms with Crippen LogP contribution in [-0.2, 0) is 9.53 Å². The van der Waals surface area contributed by atoms with Gasteiger partial charge < -0.3 is 15.8 Å². The van der Waals surface area contributed by atoms with E-state index in [9.17, 15) is 4.79 Å². The van der Waals surface area contributed by atoms with Gasteiger partial charge in [0.1, 0.15) is 6.10 Å². The Morgan fingerprint density at radius 2 is 2.06 bits per heavy atom. The lowest BCUT2D eigenvalue weighted by molar-refractivity contribution is -0.128. The van der Waals surface area contributed by atoms with Crippen molar-refractivity contribution < 1.29 is 9.53 Å². The minimum atomic E-state index is -0.534. The maximum Gasteiger partial charge on any atom is 0.253 e. The Bertz CT molecular complexity index is 407. The third-order valence-electron chi connectivity index (χ3n) is 2.12. The van der Waals surface area contributed by atoms with Gasteiger partial charge in [-0.1, -0.05) is 11.6 Å². The number of hydrogen-bond acceptors (Lipinski definition) is 3. The van der Waals surface area contributed by atoms with Crippen LogP contribution in [0.1, 0.15) is 20.8 Å². The molecule has 0 fully saturated rings. The average molecular weight is 257 g/mol. The molecular formula is C12H17ClN2O2. The largest absolute Gasteiger partial charge is 0.397 e. The summed E-state index contributed by atoms with van der Waals surface area (Å²) in [5.41, 5.74) is 6.70. The van der Waals surface area contributed by atoms with Gasteiger partial charge in [-0.25, -0.2) is 0 Å². The van der Waals surface area contributed by atoms with E-state index < -0.39 is 6.10 Å². The lowest BCUT2D eigenvalue weighted by Crippen LogP contribution is -2.30. The van der Waals surface area contributed by atoms with Gasteiger partial charge in [-0.05, 0) is 39.0 Å². The average Bonchev–Trinajstić information content (AvgIpc) is 2.22. The highest BCUT2D eigenvalue weighted by Crippen LogP contribution is 2.23. The predicted molar refractivity (Wildman–Crippen MR) is 70.2 cm³/mol. The van der Waals surface area contributed by atoms with Crippen LogP contribution in [-0.4, -0.2) is 18.1 Å². The Morgan fingerprint density at radius 3 is 2.65 bits per heavy atom. The van der Waals surface area contributed by atoms with Crippen LogP contribution >= 0.6 is 11.6 Å². The van der Waals surface area contributed by atoms with Gasteiger partial charge >= 0.3 is 0 Å². The molecule has 0 saturated carbocycles. The molecule has 1 rings (SSSR count). The summed E-state index contributed by atoms with van der Waals surface area (Å²) in [6, 6.07) is 4.92. The molecule has 94 valence electrons. The maximum absolute atomic E-state index is 11.8. The van der Waals surface area contributed by atoms with Crippen LogP contribution in [0, 0.1) is 0 Å². The molecule has 3 N–H and O–H groups in total. The number of ether oxygens (including phenoxy) is 1. The van der Waals surface area contributed by atoms with Crippen LogP contribution in [0.3, 0.4) is 0 Å². The van der Waals surface area contributed by atoms with E-state index in [2.05, 4.69) is 5.32 Å². The molecule has 0 aromatic heterocycles. The number of nitrogens with one attached hydrogen (secondary N) is 1. The molecule has 17 heavy (non-hydrogen) atoms. The second kappa shape index (κ2) is 5.89. The minimum absolute atomic E-state index is 0.00698. The Kier molecular flexibility index (Phi) is 4.78. The fourth-order valence-electron chi connectivity index (χ4n) is 1.34. The summed E-state index contributed by atoms with van der Waals surface area (Å²) in [5.74, 6) is -0.243. The number of nitrogens with two attached hydrogens (primary N) is 1. The summed E-state index contributed by atoms with van der Waals surface area (Å²) in [4.78, 5) is 11.8. The Labute approximate surface area is 106 Å². The van der Waals surface area contributed by atoms with E-state index in [0.717, 1.165) is 0 Å². The highest BCUT2D eigenvalue weighted by atomic mass is 35.5. The molecular weight excluding hydrogens is 240 g/mol. The second-order valence-electron chi connectivity index (χ2n) is 4.05. The first-order valence-electron chi connectivity index (χ1n) is 5.41. The van der Waals surface area contributed by atoms with Gasteiger partial charge in [0.15, 0.2) is 0 Å². The molecule has 0 bridgehead atoms. The monoisotopic (exact) mass is 256 g/mol. The van der Waals surface area contributed by atoms with E-state index >= 15 is 0 Å². The minimum Gasteiger partial charge on any atom is -0.397 e. The summed E-state index contributed by atoms with van der Waals surface area (Å²) in [6.45, 7) is 5.44. The number of amides is 1. The zero-order chi connectivity index (χ0) is 13.0. The van der Waals surface area contributed by atoms with Crippen LogP contribution < -0.4 is 11.1 Å². The van der Waals surface area contributed by atoms with Crippen molar-refractivity contribution in [3.05, 3.63) is 23.2 Å². The van der Waals surface area contributed by atoms with Gasteiger partial charge in [-0.2, -0.15) is 0 Å². The van der Waals surface area contributed by atoms with Crippen molar-refractivity contribution in [2.75, 3.05) is 11.1 Å². The molecule has 1 aromatic carbocycles. The first-order valence-corrected chi connectivity index (χ1v) is 5.79. The summed E-state index contributed by atoms with van der Waals surface area (Å²) < 4.78 is 5.37. The Hall–Kier alpha value is -1.26. The van der Waals surface area contributed by atoms with Crippen molar-refractivity contribution in [1.29, 1.82) is 0 Å². The molecule has 0 radical (unpaired) electrons. The van der Waals surface area contributed by atoms with Crippen LogP contribution in [0.4, 0.5) is 11.4 Å². The maximum atomic E-state index is 11.8. The first-order chi connectivity index (χ1) is 7.90. The van der Waals surface area contributed by atoms with E-state index in [0.29, 0.717) is 16.4 Å². The van der Waals surface area contributed by atoms with Gasteiger partial charge in [0.2, 0.25) is 0 Å². The summed E-state index contributed by atoms with van der Waals surface area (Å²) >= 11 is 5.83. The Morgan fingerprint density at radius 1 is 1.41 bits per heavy atom. The molecule has 1 aromatic rings. The summed E-state index contributed by atoms with van der Waals surface area (Å²) in [6.07, 6.45) is -0.541. The first kappa shape index (κ1) is 13.8. The number of benzene rings is 1. The highest BCUT2D eigenvalue weighted by Gasteiger charge is 2.15. The topological polar surface area (TPSA) is 64.3 Å². The quantitative estimate of drug-likeness (QED) is 0.814. The number of rotatable bonds is 4. The van der Waals surface area contributed by atoms with Crippen LogP contribution in [0.5, 0.6) is 0 Å². The van der Waals surface area contributed by atoms with Crippen molar-refractivity contribution in [3.63, 3.8) is 0 Å². The lowest BCUT2D eigenvalue weighted by atomic mass is 10.2. The van der Waals surface area contributed by atoms with Gasteiger partial charge in [-0.15, -0.1) is 0 Å². The van der Waals surface area contributed by atoms with Crippen LogP contribution in [0.2, 0.25) is 5.02 Å². The fraction of sp³-hybridized carbons (Fsp3) is 0.417. The summed E-state index contributed by atoms with van der Waals surface area (Å²) in [7, 11) is 0. The molecule has 0 aliphatic heterocycles. The van der Waals surface area contributed by atoms with Crippen molar-refractivity contribution >= 4 is 28.9 Å². The number of hydrogen-bond donors (Lipinski definition) is 2. The van der Waals surface area contributed by atoms with Crippen molar-refractivity contribution in [2.24, 2.45) is 0 Å². The van der Waals surface area contributed by atoms with Crippen LogP contribution in [0.15, 0.2) is 18.2 Å². The van der Waals surface area contributed by atoms with E-state index in [-0.39, 0.29) is 12.0 Å². The third kappa shape index (κ3) is 4.24. The van der Waals surface area contributed by atoms with Gasteiger partial charge in [0, 0.05) is 5.02 Å². The van der Waals surface area contributed by atoms with Crippen LogP contribution in [0.25, 0.3) is 0 Å². The standard InChI is InChI=1S/C12H17ClN2O2/c1-7(2)17-8(3)12(16)15-11-6-9(13)4-5-10(11)14/h4-8H,14H2,1-3H3,(H,15,16). The van der Waals surface area contributed by atoms with Gasteiger partial charge in [0.05, 0.1) is 17.5 Å². The normalized spacial score (nSPS) is 12.5. The van der Waals surface area contributed by atoms with E-state index in [1.165, 1.54) is 0 Å². The van der Waals surface area contributed by atoms with Crippen molar-refractivity contribution in [1.82, 2.24) is 0 Å². The molecule has 1 unspecified atom stereocenters. The number of anilines is 2. The molecule has 0 spiro atoms. The number of carbonyl (C=O) groups excluding carboxylic acids is 1. The van der Waals surface area contributed by atoms with Crippen molar-refractivity contribution in [2.45, 2.75) is 33.0 Å². The molecule has 1 atom stereocenters. The SMILES string of the molecule is CC(C)OC(C)C(=O)Nc1cc(Cl)ccc1N. The molecule has 0 aliphatic rings. The molecule has 1 amide bonds. The Balaban J connectivity index is 2.70. The summed E-state index contributed by atoms with van der Waals surface area (Å²) in [5, 5.41) is 3.20.